The van der Waals surface area contributed by atoms with E-state index in [2.05, 4.69) is 25.7 Å². The van der Waals surface area contributed by atoms with Crippen molar-refractivity contribution in [3.8, 4) is 0 Å². The number of pyridine rings is 1. The van der Waals surface area contributed by atoms with Crippen molar-refractivity contribution >= 4 is 33.8 Å². The minimum Gasteiger partial charge on any atom is -0.449 e. The van der Waals surface area contributed by atoms with Crippen molar-refractivity contribution in [2.24, 2.45) is 11.3 Å². The Morgan fingerprint density at radius 1 is 1.22 bits per heavy atom. The van der Waals surface area contributed by atoms with Gasteiger partial charge in [-0.05, 0) is 60.9 Å². The van der Waals surface area contributed by atoms with E-state index in [1.54, 1.807) is 24.5 Å². The van der Waals surface area contributed by atoms with Crippen molar-refractivity contribution in [1.82, 2.24) is 30.6 Å². The average molecular weight is 430 g/mol. The molecule has 2 fully saturated rings. The predicted octanol–water partition coefficient (Wildman–Crippen LogP) is 2.77. The first kappa shape index (κ1) is 19.0. The molecule has 1 aromatic carbocycles. The van der Waals surface area contributed by atoms with Gasteiger partial charge in [-0.2, -0.15) is 0 Å². The fraction of sp³-hybridized carbons (Fsp3) is 0.348. The first-order valence-electron chi connectivity index (χ1n) is 10.8. The second-order valence-corrected chi connectivity index (χ2v) is 8.83. The molecule has 4 aromatic rings. The second-order valence-electron chi connectivity index (χ2n) is 8.83. The highest BCUT2D eigenvalue weighted by molar-refractivity contribution is 5.97. The molecule has 2 amide bonds. The smallest absolute Gasteiger partial charge is 0.287 e. The molecule has 2 aliphatic rings. The normalized spacial score (nSPS) is 19.5. The Hall–Kier alpha value is -3.75. The third-order valence-corrected chi connectivity index (χ3v) is 7.03. The molecule has 0 radical (unpaired) electrons. The van der Waals surface area contributed by atoms with E-state index in [9.17, 15) is 9.59 Å². The van der Waals surface area contributed by atoms with E-state index in [0.29, 0.717) is 34.9 Å². The number of nitrogens with zero attached hydrogens (tertiary/aromatic N) is 4. The van der Waals surface area contributed by atoms with Crippen molar-refractivity contribution in [3.63, 3.8) is 0 Å². The van der Waals surface area contributed by atoms with Crippen LogP contribution < -0.4 is 5.32 Å². The maximum absolute atomic E-state index is 12.9. The number of likely N-dealkylation sites (tertiary alicyclic amines) is 1. The van der Waals surface area contributed by atoms with Crippen LogP contribution >= 0.6 is 0 Å². The first-order valence-corrected chi connectivity index (χ1v) is 10.8. The largest absolute Gasteiger partial charge is 0.449 e. The minimum atomic E-state index is -0.195. The van der Waals surface area contributed by atoms with Crippen LogP contribution in [0.3, 0.4) is 0 Å². The van der Waals surface area contributed by atoms with Crippen LogP contribution in [0.25, 0.3) is 22.0 Å². The quantitative estimate of drug-likeness (QED) is 0.514. The molecule has 9 heteroatoms. The number of carbonyl (C=O) groups is 2. The lowest BCUT2D eigenvalue weighted by atomic mass is 9.90. The van der Waals surface area contributed by atoms with Crippen LogP contribution in [0.5, 0.6) is 0 Å². The molecule has 2 N–H and O–H groups in total. The number of hydrogen-bond acceptors (Lipinski definition) is 6. The maximum atomic E-state index is 12.9. The SMILES string of the molecule is O=C(NCC1CC12CCN(C(=O)c1ccc3[nH]nnc3c1)CC2)c1cc2ccncc2o1. The number of nitrogens with one attached hydrogen (secondary N) is 2. The van der Waals surface area contributed by atoms with E-state index in [4.69, 9.17) is 4.42 Å². The summed E-state index contributed by atoms with van der Waals surface area (Å²) in [5.41, 5.74) is 3.01. The highest BCUT2D eigenvalue weighted by Crippen LogP contribution is 2.59. The molecular weight excluding hydrogens is 408 g/mol. The van der Waals surface area contributed by atoms with Crippen molar-refractivity contribution < 1.29 is 14.0 Å². The summed E-state index contributed by atoms with van der Waals surface area (Å²) in [6.45, 7) is 2.10. The van der Waals surface area contributed by atoms with Crippen LogP contribution in [0.1, 0.15) is 40.2 Å². The van der Waals surface area contributed by atoms with E-state index < -0.39 is 0 Å². The van der Waals surface area contributed by atoms with Gasteiger partial charge in [0, 0.05) is 36.8 Å². The third-order valence-electron chi connectivity index (χ3n) is 7.03. The standard InChI is InChI=1S/C23H22N6O3/c30-21(19-10-14-3-6-24-13-20(14)32-19)25-12-16-11-23(16)4-7-29(8-5-23)22(31)15-1-2-17-18(9-15)27-28-26-17/h1-3,6,9-10,13,16H,4-5,7-8,11-12H2,(H,25,30)(H,26,27,28). The number of H-pyrrole nitrogens is 1. The van der Waals surface area contributed by atoms with Gasteiger partial charge in [0.2, 0.25) is 0 Å². The van der Waals surface area contributed by atoms with Crippen LogP contribution in [-0.2, 0) is 0 Å². The highest BCUT2D eigenvalue weighted by atomic mass is 16.3. The molecule has 32 heavy (non-hydrogen) atoms. The Kier molecular flexibility index (Phi) is 4.24. The molecule has 162 valence electrons. The summed E-state index contributed by atoms with van der Waals surface area (Å²) < 4.78 is 5.59. The van der Waals surface area contributed by atoms with Gasteiger partial charge in [0.15, 0.2) is 11.3 Å². The Morgan fingerprint density at radius 2 is 2.09 bits per heavy atom. The van der Waals surface area contributed by atoms with Crippen molar-refractivity contribution in [3.05, 3.63) is 54.0 Å². The highest BCUT2D eigenvalue weighted by Gasteiger charge is 2.54. The summed E-state index contributed by atoms with van der Waals surface area (Å²) in [4.78, 5) is 31.4. The fourth-order valence-corrected chi connectivity index (χ4v) is 4.94. The molecule has 0 bridgehead atoms. The molecule has 1 spiro atoms. The number of amides is 2. The van der Waals surface area contributed by atoms with Gasteiger partial charge in [-0.3, -0.25) is 19.7 Å². The van der Waals surface area contributed by atoms with Gasteiger partial charge in [-0.1, -0.05) is 5.21 Å². The zero-order valence-electron chi connectivity index (χ0n) is 17.4. The van der Waals surface area contributed by atoms with Gasteiger partial charge in [0.05, 0.1) is 11.7 Å². The number of carbonyl (C=O) groups excluding carboxylic acids is 2. The van der Waals surface area contributed by atoms with Crippen LogP contribution in [-0.4, -0.2) is 56.7 Å². The Morgan fingerprint density at radius 3 is 2.94 bits per heavy atom. The van der Waals surface area contributed by atoms with Crippen LogP contribution in [0, 0.1) is 11.3 Å². The zero-order valence-corrected chi connectivity index (χ0v) is 17.4. The number of piperidine rings is 1. The summed E-state index contributed by atoms with van der Waals surface area (Å²) in [6.07, 6.45) is 6.30. The molecule has 4 heterocycles. The summed E-state index contributed by atoms with van der Waals surface area (Å²) in [6, 6.07) is 9.01. The fourth-order valence-electron chi connectivity index (χ4n) is 4.94. The molecule has 1 saturated carbocycles. The third kappa shape index (κ3) is 3.21. The number of rotatable bonds is 4. The zero-order chi connectivity index (χ0) is 21.7. The second kappa shape index (κ2) is 7.15. The number of furan rings is 1. The van der Waals surface area contributed by atoms with E-state index in [0.717, 1.165) is 43.3 Å². The molecule has 1 aliphatic carbocycles. The van der Waals surface area contributed by atoms with E-state index in [-0.39, 0.29) is 17.2 Å². The molecule has 1 saturated heterocycles. The molecule has 1 atom stereocenters. The van der Waals surface area contributed by atoms with Crippen molar-refractivity contribution in [2.75, 3.05) is 19.6 Å². The van der Waals surface area contributed by atoms with Crippen LogP contribution in [0.15, 0.2) is 47.1 Å². The monoisotopic (exact) mass is 430 g/mol. The lowest BCUT2D eigenvalue weighted by Crippen LogP contribution is -2.40. The van der Waals surface area contributed by atoms with Gasteiger partial charge in [-0.25, -0.2) is 0 Å². The average Bonchev–Trinajstić information content (AvgIpc) is 3.18. The van der Waals surface area contributed by atoms with Gasteiger partial charge in [0.25, 0.3) is 11.8 Å². The predicted molar refractivity (Wildman–Crippen MR) is 116 cm³/mol. The topological polar surface area (TPSA) is 117 Å². The number of fused-ring (bicyclic) bond motifs is 2. The minimum absolute atomic E-state index is 0.0367. The summed E-state index contributed by atoms with van der Waals surface area (Å²) in [5.74, 6) is 0.599. The lowest BCUT2D eigenvalue weighted by molar-refractivity contribution is 0.0669. The molecule has 1 unspecified atom stereocenters. The van der Waals surface area contributed by atoms with Gasteiger partial charge >= 0.3 is 0 Å². The number of aromatic amines is 1. The Balaban J connectivity index is 1.03. The summed E-state index contributed by atoms with van der Waals surface area (Å²) >= 11 is 0. The van der Waals surface area contributed by atoms with Crippen molar-refractivity contribution in [1.29, 1.82) is 0 Å². The van der Waals surface area contributed by atoms with E-state index in [1.807, 2.05) is 23.1 Å². The van der Waals surface area contributed by atoms with Gasteiger partial charge in [-0.15, -0.1) is 5.10 Å². The first-order chi connectivity index (χ1) is 15.6. The maximum Gasteiger partial charge on any atom is 0.287 e. The summed E-state index contributed by atoms with van der Waals surface area (Å²) in [5, 5.41) is 14.5. The Bertz CT molecular complexity index is 1300. The number of hydrogen-bond donors (Lipinski definition) is 2. The van der Waals surface area contributed by atoms with Gasteiger partial charge < -0.3 is 14.6 Å². The van der Waals surface area contributed by atoms with E-state index >= 15 is 0 Å². The van der Waals surface area contributed by atoms with E-state index in [1.165, 1.54) is 0 Å². The summed E-state index contributed by atoms with van der Waals surface area (Å²) in [7, 11) is 0. The Labute approximate surface area is 183 Å². The molecule has 1 aliphatic heterocycles. The van der Waals surface area contributed by atoms with Crippen LogP contribution in [0.2, 0.25) is 0 Å². The van der Waals surface area contributed by atoms with Gasteiger partial charge in [0.1, 0.15) is 5.52 Å². The molecule has 9 nitrogen and oxygen atoms in total. The van der Waals surface area contributed by atoms with Crippen molar-refractivity contribution in [2.45, 2.75) is 19.3 Å². The van der Waals surface area contributed by atoms with Crippen LogP contribution in [0.4, 0.5) is 0 Å². The molecule has 3 aromatic heterocycles. The number of benzene rings is 1. The molecule has 6 rings (SSSR count). The molecular formula is C23H22N6O3. The lowest BCUT2D eigenvalue weighted by Gasteiger charge is -2.33. The number of aromatic nitrogens is 4.